The first-order valence-corrected chi connectivity index (χ1v) is 6.97. The Kier molecular flexibility index (Phi) is 7.65. The first-order chi connectivity index (χ1) is 10.5. The Morgan fingerprint density at radius 2 is 1.13 bits per heavy atom. The molecule has 0 bridgehead atoms. The van der Waals surface area contributed by atoms with Crippen LogP contribution >= 0.6 is 0 Å². The summed E-state index contributed by atoms with van der Waals surface area (Å²) in [5.41, 5.74) is -3.16. The number of hydrogen-bond donors (Lipinski definition) is 4. The van der Waals surface area contributed by atoms with Crippen molar-refractivity contribution in [2.45, 2.75) is 52.1 Å². The number of Topliss-reactive ketones (excluding diaryl/α,β-unsaturated/α-hetero) is 3. The van der Waals surface area contributed by atoms with E-state index in [-0.39, 0.29) is 6.61 Å². The molecule has 0 aromatic rings. The van der Waals surface area contributed by atoms with Gasteiger partial charge in [0, 0.05) is 0 Å². The second-order valence-corrected chi connectivity index (χ2v) is 5.08. The van der Waals surface area contributed by atoms with Gasteiger partial charge in [-0.25, -0.2) is 4.79 Å². The first kappa shape index (κ1) is 21.3. The van der Waals surface area contributed by atoms with Gasteiger partial charge in [0.05, 0.1) is 6.61 Å². The highest BCUT2D eigenvalue weighted by atomic mass is 16.5. The Morgan fingerprint density at radius 3 is 1.35 bits per heavy atom. The normalized spacial score (nSPS) is 19.0. The SMILES string of the molecule is CCOC(=O)C(O)C(C(=O)C(C)O)(C(=O)C(C)O)C(=O)C(C)O. The van der Waals surface area contributed by atoms with Gasteiger partial charge in [-0.15, -0.1) is 0 Å². The number of aliphatic hydroxyl groups is 4. The van der Waals surface area contributed by atoms with Crippen molar-refractivity contribution in [3.05, 3.63) is 0 Å². The van der Waals surface area contributed by atoms with E-state index in [9.17, 15) is 39.6 Å². The highest BCUT2D eigenvalue weighted by Crippen LogP contribution is 2.32. The maximum absolute atomic E-state index is 12.3. The van der Waals surface area contributed by atoms with Crippen LogP contribution in [0.25, 0.3) is 0 Å². The summed E-state index contributed by atoms with van der Waals surface area (Å²) >= 11 is 0. The molecule has 0 aliphatic heterocycles. The van der Waals surface area contributed by atoms with E-state index in [2.05, 4.69) is 4.74 Å². The highest BCUT2D eigenvalue weighted by molar-refractivity contribution is 6.29. The number of aliphatic hydroxyl groups excluding tert-OH is 4. The predicted molar refractivity (Wildman–Crippen MR) is 75.1 cm³/mol. The lowest BCUT2D eigenvalue weighted by Gasteiger charge is -2.35. The average Bonchev–Trinajstić information content (AvgIpc) is 2.46. The summed E-state index contributed by atoms with van der Waals surface area (Å²) in [6.45, 7) is 3.91. The van der Waals surface area contributed by atoms with Gasteiger partial charge in [-0.1, -0.05) is 0 Å². The van der Waals surface area contributed by atoms with Crippen LogP contribution in [0, 0.1) is 5.41 Å². The van der Waals surface area contributed by atoms with Crippen molar-refractivity contribution in [3.8, 4) is 0 Å². The minimum absolute atomic E-state index is 0.222. The molecule has 9 heteroatoms. The van der Waals surface area contributed by atoms with Crippen molar-refractivity contribution >= 4 is 23.3 Å². The second-order valence-electron chi connectivity index (χ2n) is 5.08. The molecule has 4 N–H and O–H groups in total. The third kappa shape index (κ3) is 3.99. The monoisotopic (exact) mass is 334 g/mol. The number of carbonyl (C=O) groups is 4. The fraction of sp³-hybridized carbons (Fsp3) is 0.714. The molecule has 9 nitrogen and oxygen atoms in total. The van der Waals surface area contributed by atoms with E-state index in [4.69, 9.17) is 0 Å². The zero-order valence-electron chi connectivity index (χ0n) is 13.3. The number of esters is 1. The molecule has 0 aromatic heterocycles. The van der Waals surface area contributed by atoms with Crippen molar-refractivity contribution in [2.75, 3.05) is 6.61 Å². The molecule has 0 aromatic carbocycles. The van der Waals surface area contributed by atoms with E-state index >= 15 is 0 Å². The summed E-state index contributed by atoms with van der Waals surface area (Å²) in [4.78, 5) is 48.8. The molecule has 4 atom stereocenters. The highest BCUT2D eigenvalue weighted by Gasteiger charge is 2.62. The predicted octanol–water partition coefficient (Wildman–Crippen LogP) is -2.25. The summed E-state index contributed by atoms with van der Waals surface area (Å²) in [7, 11) is 0. The lowest BCUT2D eigenvalue weighted by Crippen LogP contribution is -2.64. The van der Waals surface area contributed by atoms with Gasteiger partial charge in [-0.2, -0.15) is 0 Å². The van der Waals surface area contributed by atoms with Crippen molar-refractivity contribution in [1.82, 2.24) is 0 Å². The molecule has 0 saturated heterocycles. The molecular weight excluding hydrogens is 312 g/mol. The van der Waals surface area contributed by atoms with Crippen LogP contribution in [-0.4, -0.2) is 74.8 Å². The van der Waals surface area contributed by atoms with E-state index in [0.29, 0.717) is 0 Å². The summed E-state index contributed by atoms with van der Waals surface area (Å²) in [5.74, 6) is -6.02. The minimum Gasteiger partial charge on any atom is -0.464 e. The third-order valence-electron chi connectivity index (χ3n) is 3.22. The minimum atomic E-state index is -3.16. The number of ether oxygens (including phenoxy) is 1. The zero-order valence-corrected chi connectivity index (χ0v) is 13.3. The van der Waals surface area contributed by atoms with E-state index in [1.165, 1.54) is 6.92 Å². The molecule has 132 valence electrons. The van der Waals surface area contributed by atoms with Crippen LogP contribution in [0.1, 0.15) is 27.7 Å². The molecule has 23 heavy (non-hydrogen) atoms. The van der Waals surface area contributed by atoms with Gasteiger partial charge in [0.25, 0.3) is 0 Å². The molecule has 0 aliphatic carbocycles. The third-order valence-corrected chi connectivity index (χ3v) is 3.22. The summed E-state index contributed by atoms with van der Waals surface area (Å²) in [5, 5.41) is 38.6. The summed E-state index contributed by atoms with van der Waals surface area (Å²) in [6.07, 6.45) is -8.40. The Labute approximate surface area is 132 Å². The smallest absolute Gasteiger partial charge is 0.336 e. The van der Waals surface area contributed by atoms with Gasteiger partial charge < -0.3 is 25.2 Å². The Balaban J connectivity index is 6.49. The lowest BCUT2D eigenvalue weighted by atomic mass is 9.67. The van der Waals surface area contributed by atoms with Crippen molar-refractivity contribution in [1.29, 1.82) is 0 Å². The van der Waals surface area contributed by atoms with Gasteiger partial charge in [0.2, 0.25) is 0 Å². The molecular formula is C14H22O9. The van der Waals surface area contributed by atoms with Gasteiger partial charge in [0.1, 0.15) is 18.3 Å². The van der Waals surface area contributed by atoms with E-state index in [0.717, 1.165) is 20.8 Å². The van der Waals surface area contributed by atoms with Crippen LogP contribution in [0.3, 0.4) is 0 Å². The number of rotatable bonds is 9. The first-order valence-electron chi connectivity index (χ1n) is 6.97. The fourth-order valence-corrected chi connectivity index (χ4v) is 2.15. The van der Waals surface area contributed by atoms with E-state index in [1.807, 2.05) is 0 Å². The van der Waals surface area contributed by atoms with Crippen LogP contribution in [-0.2, 0) is 23.9 Å². The van der Waals surface area contributed by atoms with Crippen LogP contribution in [0.4, 0.5) is 0 Å². The maximum Gasteiger partial charge on any atom is 0.336 e. The molecule has 0 aliphatic rings. The lowest BCUT2D eigenvalue weighted by molar-refractivity contribution is -0.179. The van der Waals surface area contributed by atoms with Gasteiger partial charge in [-0.3, -0.25) is 14.4 Å². The summed E-state index contributed by atoms with van der Waals surface area (Å²) < 4.78 is 4.51. The molecule has 0 spiro atoms. The molecule has 0 amide bonds. The number of ketones is 3. The van der Waals surface area contributed by atoms with Gasteiger partial charge in [0.15, 0.2) is 28.9 Å². The maximum atomic E-state index is 12.3. The molecule has 0 rings (SSSR count). The molecule has 4 unspecified atom stereocenters. The van der Waals surface area contributed by atoms with E-state index in [1.54, 1.807) is 0 Å². The van der Waals surface area contributed by atoms with Gasteiger partial charge in [-0.05, 0) is 27.7 Å². The molecule has 0 radical (unpaired) electrons. The van der Waals surface area contributed by atoms with Gasteiger partial charge >= 0.3 is 5.97 Å². The summed E-state index contributed by atoms with van der Waals surface area (Å²) in [6, 6.07) is 0. The Hall–Kier alpha value is -1.68. The van der Waals surface area contributed by atoms with Crippen molar-refractivity contribution in [3.63, 3.8) is 0 Å². The topological polar surface area (TPSA) is 158 Å². The Bertz CT molecular complexity index is 428. The standard InChI is InChI=1S/C14H22O9/c1-5-23-13(22)12(21)14(9(18)6(2)15,10(19)7(3)16)11(20)8(4)17/h6-8,12,15-17,21H,5H2,1-4H3. The molecule has 0 saturated carbocycles. The zero-order chi connectivity index (χ0) is 18.5. The average molecular weight is 334 g/mol. The van der Waals surface area contributed by atoms with Crippen molar-refractivity contribution < 1.29 is 44.3 Å². The van der Waals surface area contributed by atoms with E-state index < -0.39 is 53.1 Å². The number of carbonyl (C=O) groups excluding carboxylic acids is 4. The van der Waals surface area contributed by atoms with Crippen LogP contribution < -0.4 is 0 Å². The Morgan fingerprint density at radius 1 is 0.826 bits per heavy atom. The van der Waals surface area contributed by atoms with Crippen LogP contribution in [0.15, 0.2) is 0 Å². The second kappa shape index (κ2) is 8.25. The quantitative estimate of drug-likeness (QED) is 0.270. The van der Waals surface area contributed by atoms with Crippen LogP contribution in [0.2, 0.25) is 0 Å². The molecule has 0 fully saturated rings. The number of hydrogen-bond acceptors (Lipinski definition) is 9. The molecule has 0 heterocycles. The fourth-order valence-electron chi connectivity index (χ4n) is 2.15. The van der Waals surface area contributed by atoms with Crippen molar-refractivity contribution in [2.24, 2.45) is 5.41 Å². The largest absolute Gasteiger partial charge is 0.464 e. The van der Waals surface area contributed by atoms with Crippen LogP contribution in [0.5, 0.6) is 0 Å².